The van der Waals surface area contributed by atoms with Crippen LogP contribution in [0, 0.1) is 0 Å². The normalized spacial score (nSPS) is 10.3. The number of halogens is 2. The number of carbonyl (C=O) groups is 1. The average molecular weight is 281 g/mol. The van der Waals surface area contributed by atoms with Gasteiger partial charge in [0.2, 0.25) is 0 Å². The van der Waals surface area contributed by atoms with E-state index in [0.717, 1.165) is 11.1 Å². The summed E-state index contributed by atoms with van der Waals surface area (Å²) < 4.78 is 0. The molecular formula is C14H10Cl2O2. The van der Waals surface area contributed by atoms with Gasteiger partial charge in [-0.15, -0.1) is 0 Å². The first kappa shape index (κ1) is 12.9. The van der Waals surface area contributed by atoms with Crippen molar-refractivity contribution in [2.75, 3.05) is 0 Å². The van der Waals surface area contributed by atoms with Gasteiger partial charge in [-0.25, -0.2) is 0 Å². The summed E-state index contributed by atoms with van der Waals surface area (Å²) in [6, 6.07) is 12.6. The first-order chi connectivity index (χ1) is 8.56. The molecule has 0 radical (unpaired) electrons. The Labute approximate surface area is 115 Å². The lowest BCUT2D eigenvalue weighted by Gasteiger charge is -2.07. The van der Waals surface area contributed by atoms with Gasteiger partial charge in [0.05, 0.1) is 6.42 Å². The van der Waals surface area contributed by atoms with Crippen LogP contribution in [0.4, 0.5) is 0 Å². The maximum Gasteiger partial charge on any atom is 0.307 e. The van der Waals surface area contributed by atoms with Gasteiger partial charge in [-0.05, 0) is 29.3 Å². The minimum atomic E-state index is -0.874. The molecule has 0 aliphatic rings. The van der Waals surface area contributed by atoms with Crippen LogP contribution in [0.2, 0.25) is 10.0 Å². The monoisotopic (exact) mass is 280 g/mol. The number of benzene rings is 2. The Kier molecular flexibility index (Phi) is 3.90. The maximum absolute atomic E-state index is 10.6. The Morgan fingerprint density at radius 1 is 1.11 bits per heavy atom. The van der Waals surface area contributed by atoms with Crippen LogP contribution in [-0.4, -0.2) is 11.1 Å². The van der Waals surface area contributed by atoms with Gasteiger partial charge in [0, 0.05) is 15.6 Å². The largest absolute Gasteiger partial charge is 0.481 e. The summed E-state index contributed by atoms with van der Waals surface area (Å²) in [5, 5.41) is 9.88. The van der Waals surface area contributed by atoms with Gasteiger partial charge in [0.25, 0.3) is 0 Å². The molecule has 0 atom stereocenters. The number of carboxylic acid groups (broad SMARTS) is 1. The van der Waals surface area contributed by atoms with Crippen molar-refractivity contribution in [2.24, 2.45) is 0 Å². The fourth-order valence-corrected chi connectivity index (χ4v) is 2.24. The van der Waals surface area contributed by atoms with Gasteiger partial charge in [-0.2, -0.15) is 0 Å². The molecule has 2 aromatic rings. The second kappa shape index (κ2) is 5.42. The Balaban J connectivity index is 2.38. The summed E-state index contributed by atoms with van der Waals surface area (Å²) in [7, 11) is 0. The van der Waals surface area contributed by atoms with Crippen molar-refractivity contribution in [3.8, 4) is 11.1 Å². The summed E-state index contributed by atoms with van der Waals surface area (Å²) in [5.41, 5.74) is 2.43. The molecule has 2 rings (SSSR count). The summed E-state index contributed by atoms with van der Waals surface area (Å²) in [6.07, 6.45) is -0.0322. The molecule has 0 unspecified atom stereocenters. The van der Waals surface area contributed by atoms with Crippen LogP contribution in [0.5, 0.6) is 0 Å². The summed E-state index contributed by atoms with van der Waals surface area (Å²) in [4.78, 5) is 10.6. The fraction of sp³-hybridized carbons (Fsp3) is 0.0714. The highest BCUT2D eigenvalue weighted by Crippen LogP contribution is 2.30. The van der Waals surface area contributed by atoms with E-state index < -0.39 is 5.97 Å². The van der Waals surface area contributed by atoms with Gasteiger partial charge in [0.15, 0.2) is 0 Å². The molecule has 0 spiro atoms. The van der Waals surface area contributed by atoms with E-state index >= 15 is 0 Å². The highest BCUT2D eigenvalue weighted by atomic mass is 35.5. The van der Waals surface area contributed by atoms with E-state index in [4.69, 9.17) is 28.3 Å². The lowest BCUT2D eigenvalue weighted by Crippen LogP contribution is -1.99. The quantitative estimate of drug-likeness (QED) is 0.911. The SMILES string of the molecule is O=C(O)Cc1ccc(-c2cccc(Cl)c2)c(Cl)c1. The third kappa shape index (κ3) is 3.03. The highest BCUT2D eigenvalue weighted by Gasteiger charge is 2.07. The first-order valence-corrected chi connectivity index (χ1v) is 6.08. The Morgan fingerprint density at radius 3 is 2.50 bits per heavy atom. The molecule has 0 saturated heterocycles. The summed E-state index contributed by atoms with van der Waals surface area (Å²) in [5.74, 6) is -0.874. The summed E-state index contributed by atoms with van der Waals surface area (Å²) >= 11 is 12.1. The van der Waals surface area contributed by atoms with Crippen LogP contribution >= 0.6 is 23.2 Å². The molecule has 0 heterocycles. The molecule has 4 heteroatoms. The van der Waals surface area contributed by atoms with Crippen molar-refractivity contribution in [3.05, 3.63) is 58.1 Å². The molecular weight excluding hydrogens is 271 g/mol. The number of hydrogen-bond acceptors (Lipinski definition) is 1. The van der Waals surface area contributed by atoms with Gasteiger partial charge in [0.1, 0.15) is 0 Å². The van der Waals surface area contributed by atoms with Crippen LogP contribution < -0.4 is 0 Å². The van der Waals surface area contributed by atoms with Gasteiger partial charge < -0.3 is 5.11 Å². The zero-order chi connectivity index (χ0) is 13.1. The van der Waals surface area contributed by atoms with Crippen molar-refractivity contribution in [3.63, 3.8) is 0 Å². The third-order valence-electron chi connectivity index (χ3n) is 2.52. The predicted octanol–water partition coefficient (Wildman–Crippen LogP) is 4.29. The van der Waals surface area contributed by atoms with E-state index in [1.807, 2.05) is 24.3 Å². The molecule has 2 nitrogen and oxygen atoms in total. The fourth-order valence-electron chi connectivity index (χ4n) is 1.73. The topological polar surface area (TPSA) is 37.3 Å². The number of aliphatic carboxylic acids is 1. The molecule has 0 bridgehead atoms. The Morgan fingerprint density at radius 2 is 1.89 bits per heavy atom. The van der Waals surface area contributed by atoms with Crippen molar-refractivity contribution in [1.82, 2.24) is 0 Å². The van der Waals surface area contributed by atoms with E-state index in [0.29, 0.717) is 15.6 Å². The molecule has 0 amide bonds. The van der Waals surface area contributed by atoms with Crippen LogP contribution in [0.1, 0.15) is 5.56 Å². The molecule has 0 aliphatic heterocycles. The maximum atomic E-state index is 10.6. The van der Waals surface area contributed by atoms with Gasteiger partial charge in [-0.1, -0.05) is 47.5 Å². The second-order valence-corrected chi connectivity index (χ2v) is 4.74. The smallest absolute Gasteiger partial charge is 0.307 e. The van der Waals surface area contributed by atoms with Crippen LogP contribution in [-0.2, 0) is 11.2 Å². The molecule has 0 aliphatic carbocycles. The number of carboxylic acids is 1. The van der Waals surface area contributed by atoms with E-state index in [-0.39, 0.29) is 6.42 Å². The molecule has 1 N–H and O–H groups in total. The lowest BCUT2D eigenvalue weighted by atomic mass is 10.0. The van der Waals surface area contributed by atoms with Crippen LogP contribution in [0.3, 0.4) is 0 Å². The van der Waals surface area contributed by atoms with E-state index in [1.165, 1.54) is 0 Å². The third-order valence-corrected chi connectivity index (χ3v) is 3.07. The van der Waals surface area contributed by atoms with Crippen molar-refractivity contribution < 1.29 is 9.90 Å². The van der Waals surface area contributed by atoms with Crippen LogP contribution in [0.15, 0.2) is 42.5 Å². The zero-order valence-electron chi connectivity index (χ0n) is 9.36. The lowest BCUT2D eigenvalue weighted by molar-refractivity contribution is -0.136. The van der Waals surface area contributed by atoms with Gasteiger partial charge in [-0.3, -0.25) is 4.79 Å². The highest BCUT2D eigenvalue weighted by molar-refractivity contribution is 6.34. The second-order valence-electron chi connectivity index (χ2n) is 3.90. The standard InChI is InChI=1S/C14H10Cl2O2/c15-11-3-1-2-10(8-11)12-5-4-9(6-13(12)16)7-14(17)18/h1-6,8H,7H2,(H,17,18). The molecule has 92 valence electrons. The summed E-state index contributed by atoms with van der Waals surface area (Å²) in [6.45, 7) is 0. The zero-order valence-corrected chi connectivity index (χ0v) is 10.9. The Bertz CT molecular complexity index is 594. The predicted molar refractivity (Wildman–Crippen MR) is 73.2 cm³/mol. The van der Waals surface area contributed by atoms with Gasteiger partial charge >= 0.3 is 5.97 Å². The molecule has 0 fully saturated rings. The average Bonchev–Trinajstić information content (AvgIpc) is 2.28. The Hall–Kier alpha value is -1.51. The minimum Gasteiger partial charge on any atom is -0.481 e. The van der Waals surface area contributed by atoms with Crippen molar-refractivity contribution in [1.29, 1.82) is 0 Å². The van der Waals surface area contributed by atoms with E-state index in [2.05, 4.69) is 0 Å². The molecule has 18 heavy (non-hydrogen) atoms. The molecule has 0 saturated carbocycles. The van der Waals surface area contributed by atoms with Crippen LogP contribution in [0.25, 0.3) is 11.1 Å². The van der Waals surface area contributed by atoms with E-state index in [9.17, 15) is 4.79 Å². The first-order valence-electron chi connectivity index (χ1n) is 5.32. The van der Waals surface area contributed by atoms with Crippen molar-refractivity contribution in [2.45, 2.75) is 6.42 Å². The number of hydrogen-bond donors (Lipinski definition) is 1. The number of rotatable bonds is 3. The van der Waals surface area contributed by atoms with E-state index in [1.54, 1.807) is 18.2 Å². The van der Waals surface area contributed by atoms with Crippen molar-refractivity contribution >= 4 is 29.2 Å². The molecule has 0 aromatic heterocycles. The minimum absolute atomic E-state index is 0.0322. The molecule has 2 aromatic carbocycles.